The van der Waals surface area contributed by atoms with E-state index in [-0.39, 0.29) is 24.1 Å². The van der Waals surface area contributed by atoms with Crippen LogP contribution < -0.4 is 5.73 Å². The van der Waals surface area contributed by atoms with Crippen molar-refractivity contribution in [1.29, 1.82) is 0 Å². The van der Waals surface area contributed by atoms with Crippen LogP contribution in [0.3, 0.4) is 0 Å². The molecule has 0 bridgehead atoms. The van der Waals surface area contributed by atoms with Crippen LogP contribution in [0.2, 0.25) is 0 Å². The molecule has 0 unspecified atom stereocenters. The van der Waals surface area contributed by atoms with Gasteiger partial charge in [0.1, 0.15) is 11.5 Å². The van der Waals surface area contributed by atoms with Crippen LogP contribution in [0.15, 0.2) is 36.8 Å². The molecule has 1 aliphatic heterocycles. The molecule has 35 heavy (non-hydrogen) atoms. The van der Waals surface area contributed by atoms with Gasteiger partial charge in [-0.2, -0.15) is 0 Å². The van der Waals surface area contributed by atoms with Crippen LogP contribution in [0.1, 0.15) is 46.6 Å². The minimum atomic E-state index is -0.754. The van der Waals surface area contributed by atoms with Gasteiger partial charge in [-0.15, -0.1) is 0 Å². The largest absolute Gasteiger partial charge is 0.383 e. The molecule has 8 nitrogen and oxygen atoms in total. The number of aromatic nitrogens is 4. The number of carbonyl (C=O) groups is 1. The molecule has 178 valence electrons. The molecule has 0 aromatic carbocycles. The number of aromatic amines is 1. The predicted molar refractivity (Wildman–Crippen MR) is 124 cm³/mol. The molecule has 3 N–H and O–H groups in total. The van der Waals surface area contributed by atoms with E-state index in [1.165, 1.54) is 6.20 Å². The highest BCUT2D eigenvalue weighted by atomic mass is 19.1. The van der Waals surface area contributed by atoms with Crippen LogP contribution in [0.25, 0.3) is 22.2 Å². The highest BCUT2D eigenvalue weighted by Gasteiger charge is 2.31. The summed E-state index contributed by atoms with van der Waals surface area (Å²) in [6, 6.07) is 5.11. The third-order valence-corrected chi connectivity index (χ3v) is 6.81. The number of fused-ring (bicyclic) bond motifs is 3. The smallest absolute Gasteiger partial charge is 0.270 e. The quantitative estimate of drug-likeness (QED) is 0.449. The zero-order chi connectivity index (χ0) is 24.1. The van der Waals surface area contributed by atoms with Gasteiger partial charge in [-0.3, -0.25) is 14.8 Å². The van der Waals surface area contributed by atoms with Crippen LogP contribution in [-0.2, 0) is 24.5 Å². The van der Waals surface area contributed by atoms with Gasteiger partial charge in [-0.25, -0.2) is 13.8 Å². The summed E-state index contributed by atoms with van der Waals surface area (Å²) < 4.78 is 33.7. The van der Waals surface area contributed by atoms with Gasteiger partial charge >= 0.3 is 0 Å². The maximum Gasteiger partial charge on any atom is 0.270 e. The molecule has 1 saturated carbocycles. The zero-order valence-electron chi connectivity index (χ0n) is 18.7. The molecule has 4 aromatic heterocycles. The normalized spacial score (nSPS) is 15.3. The summed E-state index contributed by atoms with van der Waals surface area (Å²) >= 11 is 0. The average Bonchev–Trinajstić information content (AvgIpc) is 3.45. The van der Waals surface area contributed by atoms with Gasteiger partial charge in [0.15, 0.2) is 11.6 Å². The van der Waals surface area contributed by atoms with Crippen molar-refractivity contribution in [3.8, 4) is 11.1 Å². The molecular formula is C25H22F2N6O2. The van der Waals surface area contributed by atoms with E-state index in [9.17, 15) is 13.6 Å². The van der Waals surface area contributed by atoms with E-state index in [1.807, 2.05) is 0 Å². The molecule has 1 fully saturated rings. The summed E-state index contributed by atoms with van der Waals surface area (Å²) in [7, 11) is 0. The van der Waals surface area contributed by atoms with E-state index in [0.29, 0.717) is 41.5 Å². The number of nitrogens with zero attached hydrogens (tertiary/aromatic N) is 4. The minimum Gasteiger partial charge on any atom is -0.383 e. The Kier molecular flexibility index (Phi) is 5.18. The molecule has 6 rings (SSSR count). The van der Waals surface area contributed by atoms with Gasteiger partial charge in [0.05, 0.1) is 54.4 Å². The van der Waals surface area contributed by atoms with Crippen LogP contribution in [0.4, 0.5) is 14.6 Å². The van der Waals surface area contributed by atoms with Crippen LogP contribution in [-0.4, -0.2) is 36.8 Å². The van der Waals surface area contributed by atoms with Crippen LogP contribution in [0.5, 0.6) is 0 Å². The van der Waals surface area contributed by atoms with E-state index in [0.717, 1.165) is 48.3 Å². The lowest BCUT2D eigenvalue weighted by atomic mass is 9.91. The number of ether oxygens (including phenoxy) is 1. The van der Waals surface area contributed by atoms with Crippen molar-refractivity contribution in [2.24, 2.45) is 0 Å². The second-order valence-corrected chi connectivity index (χ2v) is 8.92. The first-order valence-corrected chi connectivity index (χ1v) is 11.4. The summed E-state index contributed by atoms with van der Waals surface area (Å²) in [4.78, 5) is 31.0. The lowest BCUT2D eigenvalue weighted by Gasteiger charge is -2.37. The lowest BCUT2D eigenvalue weighted by molar-refractivity contribution is 0.0548. The first kappa shape index (κ1) is 21.6. The molecule has 5 heterocycles. The maximum atomic E-state index is 14.1. The summed E-state index contributed by atoms with van der Waals surface area (Å²) in [5.41, 5.74) is 10.5. The molecule has 0 saturated heterocycles. The number of H-pyrrole nitrogens is 1. The Hall–Kier alpha value is -3.92. The molecular weight excluding hydrogens is 454 g/mol. The fraction of sp³-hybridized carbons (Fsp3) is 0.280. The third kappa shape index (κ3) is 3.70. The van der Waals surface area contributed by atoms with Gasteiger partial charge in [0, 0.05) is 28.9 Å². The number of nitrogens with one attached hydrogen (secondary N) is 1. The molecule has 0 radical (unpaired) electrons. The standard InChI is InChI=1S/C25H22F2N6O2/c26-18-8-29-9-19(27)22(18)13-4-5-14(30-7-13)10-33(15-2-1-3-15)25(34)21-6-20-23(31-21)16-11-35-12-17(16)24(28)32-20/h4-9,15,31H,1-3,10-12H2,(H2,28,32). The van der Waals surface area contributed by atoms with E-state index in [4.69, 9.17) is 10.5 Å². The van der Waals surface area contributed by atoms with Gasteiger partial charge in [-0.1, -0.05) is 6.07 Å². The van der Waals surface area contributed by atoms with Crippen molar-refractivity contribution < 1.29 is 18.3 Å². The van der Waals surface area contributed by atoms with Gasteiger partial charge < -0.3 is 20.4 Å². The fourth-order valence-corrected chi connectivity index (χ4v) is 4.70. The Morgan fingerprint density at radius 2 is 1.91 bits per heavy atom. The molecule has 0 spiro atoms. The van der Waals surface area contributed by atoms with Crippen molar-refractivity contribution in [3.05, 3.63) is 70.9 Å². The minimum absolute atomic E-state index is 0.0950. The molecule has 1 amide bonds. The Morgan fingerprint density at radius 3 is 2.60 bits per heavy atom. The van der Waals surface area contributed by atoms with E-state index >= 15 is 0 Å². The van der Waals surface area contributed by atoms with Crippen molar-refractivity contribution in [2.75, 3.05) is 5.73 Å². The maximum absolute atomic E-state index is 14.1. The number of nitrogens with two attached hydrogens (primary N) is 1. The van der Waals surface area contributed by atoms with Crippen LogP contribution in [0, 0.1) is 11.6 Å². The monoisotopic (exact) mass is 476 g/mol. The van der Waals surface area contributed by atoms with Crippen LogP contribution >= 0.6 is 0 Å². The van der Waals surface area contributed by atoms with Crippen molar-refractivity contribution in [2.45, 2.75) is 45.1 Å². The second-order valence-electron chi connectivity index (χ2n) is 8.92. The Morgan fingerprint density at radius 1 is 1.14 bits per heavy atom. The van der Waals surface area contributed by atoms with E-state index in [1.54, 1.807) is 23.1 Å². The van der Waals surface area contributed by atoms with E-state index in [2.05, 4.69) is 19.9 Å². The number of carbonyl (C=O) groups excluding carboxylic acids is 1. The highest BCUT2D eigenvalue weighted by molar-refractivity contribution is 5.98. The third-order valence-electron chi connectivity index (χ3n) is 6.81. The number of hydrogen-bond donors (Lipinski definition) is 2. The fourth-order valence-electron chi connectivity index (χ4n) is 4.70. The number of rotatable bonds is 5. The predicted octanol–water partition coefficient (Wildman–Crippen LogP) is 4.11. The number of halogens is 2. The topological polar surface area (TPSA) is 110 Å². The SMILES string of the molecule is Nc1nc2cc(C(=O)N(Cc3ccc(-c4c(F)cncc4F)cn3)C3CCC3)[nH]c2c2c1COC2. The number of pyridine rings is 3. The molecule has 2 aliphatic rings. The summed E-state index contributed by atoms with van der Waals surface area (Å²) in [6.07, 6.45) is 6.22. The van der Waals surface area contributed by atoms with Crippen molar-refractivity contribution >= 4 is 22.8 Å². The molecule has 4 aromatic rings. The number of hydrogen-bond acceptors (Lipinski definition) is 6. The average molecular weight is 476 g/mol. The summed E-state index contributed by atoms with van der Waals surface area (Å²) in [5, 5.41) is 0. The Bertz CT molecular complexity index is 1430. The number of anilines is 1. The molecule has 10 heteroatoms. The first-order valence-electron chi connectivity index (χ1n) is 11.4. The highest BCUT2D eigenvalue weighted by Crippen LogP contribution is 2.33. The summed E-state index contributed by atoms with van der Waals surface area (Å²) in [6.45, 7) is 1.11. The molecule has 1 aliphatic carbocycles. The second kappa shape index (κ2) is 8.38. The van der Waals surface area contributed by atoms with Gasteiger partial charge in [0.25, 0.3) is 5.91 Å². The molecule has 0 atom stereocenters. The Balaban J connectivity index is 1.29. The van der Waals surface area contributed by atoms with Gasteiger partial charge in [0.2, 0.25) is 0 Å². The van der Waals surface area contributed by atoms with Gasteiger partial charge in [-0.05, 0) is 31.4 Å². The Labute approximate surface area is 199 Å². The first-order chi connectivity index (χ1) is 17.0. The number of amides is 1. The summed E-state index contributed by atoms with van der Waals surface area (Å²) in [5.74, 6) is -1.24. The van der Waals surface area contributed by atoms with Crippen molar-refractivity contribution in [1.82, 2.24) is 24.8 Å². The lowest BCUT2D eigenvalue weighted by Crippen LogP contribution is -2.44. The van der Waals surface area contributed by atoms with Crippen molar-refractivity contribution in [3.63, 3.8) is 0 Å². The van der Waals surface area contributed by atoms with E-state index < -0.39 is 11.6 Å². The number of nitrogen functional groups attached to an aromatic ring is 1. The zero-order valence-corrected chi connectivity index (χ0v) is 18.7.